The van der Waals surface area contributed by atoms with Gasteiger partial charge in [0.05, 0.1) is 31.6 Å². The van der Waals surface area contributed by atoms with Gasteiger partial charge in [-0.1, -0.05) is 0 Å². The molecule has 100 valence electrons. The number of nitrogens with one attached hydrogen (secondary N) is 2. The lowest BCUT2D eigenvalue weighted by Gasteiger charge is -2.03. The van der Waals surface area contributed by atoms with Gasteiger partial charge in [-0.2, -0.15) is 5.10 Å². The fourth-order valence-electron chi connectivity index (χ4n) is 1.65. The van der Waals surface area contributed by atoms with E-state index in [9.17, 15) is 4.79 Å². The molecular weight excluding hydrogens is 232 g/mol. The number of anilines is 1. The molecule has 1 fully saturated rings. The van der Waals surface area contributed by atoms with Gasteiger partial charge in [0, 0.05) is 13.3 Å². The van der Waals surface area contributed by atoms with Crippen molar-refractivity contribution in [2.75, 3.05) is 32.1 Å². The molecule has 6 heteroatoms. The number of hydrogen-bond donors (Lipinski definition) is 2. The standard InChI is InChI=1S/C12H20N4O2/c1-18-5-4-16-9-11(7-14-16)15-12(17)8-13-6-10-2-3-10/h7,9-10,13H,2-6,8H2,1H3,(H,15,17). The lowest BCUT2D eigenvalue weighted by molar-refractivity contribution is -0.115. The summed E-state index contributed by atoms with van der Waals surface area (Å²) in [7, 11) is 1.65. The predicted molar refractivity (Wildman–Crippen MR) is 68.3 cm³/mol. The molecule has 0 bridgehead atoms. The van der Waals surface area contributed by atoms with Crippen molar-refractivity contribution in [3.05, 3.63) is 12.4 Å². The summed E-state index contributed by atoms with van der Waals surface area (Å²) < 4.78 is 6.71. The van der Waals surface area contributed by atoms with Crippen molar-refractivity contribution in [2.24, 2.45) is 5.92 Å². The summed E-state index contributed by atoms with van der Waals surface area (Å²) in [4.78, 5) is 11.6. The second-order valence-corrected chi connectivity index (χ2v) is 4.61. The number of rotatable bonds is 8. The molecule has 18 heavy (non-hydrogen) atoms. The van der Waals surface area contributed by atoms with Gasteiger partial charge in [0.25, 0.3) is 0 Å². The first-order valence-corrected chi connectivity index (χ1v) is 6.30. The molecule has 1 aromatic rings. The minimum absolute atomic E-state index is 0.0260. The number of hydrogen-bond acceptors (Lipinski definition) is 4. The number of nitrogens with zero attached hydrogens (tertiary/aromatic N) is 2. The first-order valence-electron chi connectivity index (χ1n) is 6.30. The fraction of sp³-hybridized carbons (Fsp3) is 0.667. The van der Waals surface area contributed by atoms with Gasteiger partial charge in [-0.05, 0) is 25.3 Å². The van der Waals surface area contributed by atoms with E-state index in [0.717, 1.165) is 18.2 Å². The van der Waals surface area contributed by atoms with Crippen LogP contribution in [0.5, 0.6) is 0 Å². The molecule has 1 amide bonds. The zero-order valence-corrected chi connectivity index (χ0v) is 10.7. The van der Waals surface area contributed by atoms with Crippen LogP contribution in [0.4, 0.5) is 5.69 Å². The maximum Gasteiger partial charge on any atom is 0.238 e. The van der Waals surface area contributed by atoms with Gasteiger partial charge in [0.1, 0.15) is 0 Å². The highest BCUT2D eigenvalue weighted by atomic mass is 16.5. The average molecular weight is 252 g/mol. The predicted octanol–water partition coefficient (Wildman–Crippen LogP) is 0.468. The van der Waals surface area contributed by atoms with Crippen molar-refractivity contribution >= 4 is 11.6 Å². The second kappa shape index (κ2) is 6.51. The molecule has 0 radical (unpaired) electrons. The van der Waals surface area contributed by atoms with Crippen LogP contribution in [0.1, 0.15) is 12.8 Å². The first-order chi connectivity index (χ1) is 8.78. The normalized spacial score (nSPS) is 14.7. The van der Waals surface area contributed by atoms with E-state index in [1.54, 1.807) is 24.2 Å². The lowest BCUT2D eigenvalue weighted by Crippen LogP contribution is -2.29. The largest absolute Gasteiger partial charge is 0.383 e. The molecule has 1 aliphatic rings. The van der Waals surface area contributed by atoms with Crippen LogP contribution >= 0.6 is 0 Å². The van der Waals surface area contributed by atoms with Crippen molar-refractivity contribution in [1.29, 1.82) is 0 Å². The minimum atomic E-state index is -0.0260. The van der Waals surface area contributed by atoms with E-state index in [4.69, 9.17) is 4.74 Å². The summed E-state index contributed by atoms with van der Waals surface area (Å²) in [6.45, 7) is 2.60. The third-order valence-electron chi connectivity index (χ3n) is 2.86. The Morgan fingerprint density at radius 2 is 2.44 bits per heavy atom. The van der Waals surface area contributed by atoms with Gasteiger partial charge in [0.15, 0.2) is 0 Å². The van der Waals surface area contributed by atoms with Crippen LogP contribution in [-0.2, 0) is 16.1 Å². The van der Waals surface area contributed by atoms with Crippen molar-refractivity contribution in [3.8, 4) is 0 Å². The summed E-state index contributed by atoms with van der Waals surface area (Å²) >= 11 is 0. The zero-order valence-electron chi connectivity index (χ0n) is 10.7. The fourth-order valence-corrected chi connectivity index (χ4v) is 1.65. The maximum absolute atomic E-state index is 11.6. The third kappa shape index (κ3) is 4.46. The van der Waals surface area contributed by atoms with Gasteiger partial charge in [-0.15, -0.1) is 0 Å². The SMILES string of the molecule is COCCn1cc(NC(=O)CNCC2CC2)cn1. The number of methoxy groups -OCH3 is 1. The second-order valence-electron chi connectivity index (χ2n) is 4.61. The summed E-state index contributed by atoms with van der Waals surface area (Å²) in [5.74, 6) is 0.761. The summed E-state index contributed by atoms with van der Waals surface area (Å²) in [5, 5.41) is 10.1. The Morgan fingerprint density at radius 3 is 3.17 bits per heavy atom. The monoisotopic (exact) mass is 252 g/mol. The molecule has 0 saturated heterocycles. The highest BCUT2D eigenvalue weighted by Gasteiger charge is 2.20. The number of carbonyl (C=O) groups is 1. The van der Waals surface area contributed by atoms with Gasteiger partial charge < -0.3 is 15.4 Å². The quantitative estimate of drug-likeness (QED) is 0.705. The van der Waals surface area contributed by atoms with Crippen molar-refractivity contribution in [2.45, 2.75) is 19.4 Å². The van der Waals surface area contributed by atoms with Gasteiger partial charge in [-0.3, -0.25) is 9.48 Å². The number of ether oxygens (including phenoxy) is 1. The highest BCUT2D eigenvalue weighted by molar-refractivity contribution is 5.91. The average Bonchev–Trinajstić information content (AvgIpc) is 3.06. The lowest BCUT2D eigenvalue weighted by atomic mass is 10.4. The van der Waals surface area contributed by atoms with Gasteiger partial charge in [0.2, 0.25) is 5.91 Å². The molecule has 0 aromatic carbocycles. The van der Waals surface area contributed by atoms with Crippen LogP contribution < -0.4 is 10.6 Å². The Kier molecular flexibility index (Phi) is 4.72. The Morgan fingerprint density at radius 1 is 1.61 bits per heavy atom. The molecule has 0 aliphatic heterocycles. The number of carbonyl (C=O) groups excluding carboxylic acids is 1. The summed E-state index contributed by atoms with van der Waals surface area (Å²) in [6, 6.07) is 0. The first kappa shape index (κ1) is 13.0. The Hall–Kier alpha value is -1.40. The highest BCUT2D eigenvalue weighted by Crippen LogP contribution is 2.27. The smallest absolute Gasteiger partial charge is 0.238 e. The van der Waals surface area contributed by atoms with Crippen LogP contribution in [0.25, 0.3) is 0 Å². The van der Waals surface area contributed by atoms with Crippen molar-refractivity contribution in [3.63, 3.8) is 0 Å². The molecule has 6 nitrogen and oxygen atoms in total. The molecular formula is C12H20N4O2. The molecule has 2 rings (SSSR count). The van der Waals surface area contributed by atoms with E-state index >= 15 is 0 Å². The van der Waals surface area contributed by atoms with E-state index in [-0.39, 0.29) is 5.91 Å². The molecule has 1 saturated carbocycles. The topological polar surface area (TPSA) is 68.2 Å². The molecule has 1 aliphatic carbocycles. The third-order valence-corrected chi connectivity index (χ3v) is 2.86. The van der Waals surface area contributed by atoms with Crippen molar-refractivity contribution in [1.82, 2.24) is 15.1 Å². The van der Waals surface area contributed by atoms with E-state index in [1.807, 2.05) is 0 Å². The molecule has 0 atom stereocenters. The van der Waals surface area contributed by atoms with Crippen LogP contribution in [0, 0.1) is 5.92 Å². The zero-order chi connectivity index (χ0) is 12.8. The number of amides is 1. The molecule has 1 heterocycles. The van der Waals surface area contributed by atoms with Crippen LogP contribution in [0.15, 0.2) is 12.4 Å². The van der Waals surface area contributed by atoms with Gasteiger partial charge in [-0.25, -0.2) is 0 Å². The maximum atomic E-state index is 11.6. The van der Waals surface area contributed by atoms with Gasteiger partial charge >= 0.3 is 0 Å². The van der Waals surface area contributed by atoms with Crippen molar-refractivity contribution < 1.29 is 9.53 Å². The minimum Gasteiger partial charge on any atom is -0.383 e. The van der Waals surface area contributed by atoms with E-state index < -0.39 is 0 Å². The Bertz CT molecular complexity index is 387. The molecule has 0 spiro atoms. The molecule has 1 aromatic heterocycles. The molecule has 0 unspecified atom stereocenters. The van der Waals surface area contributed by atoms with Crippen LogP contribution in [-0.4, -0.2) is 42.5 Å². The summed E-state index contributed by atoms with van der Waals surface area (Å²) in [6.07, 6.45) is 6.04. The van der Waals surface area contributed by atoms with Crippen LogP contribution in [0.2, 0.25) is 0 Å². The summed E-state index contributed by atoms with van der Waals surface area (Å²) in [5.41, 5.74) is 0.726. The molecule has 2 N–H and O–H groups in total. The van der Waals surface area contributed by atoms with Crippen LogP contribution in [0.3, 0.4) is 0 Å². The Balaban J connectivity index is 1.66. The van der Waals surface area contributed by atoms with E-state index in [0.29, 0.717) is 19.7 Å². The van der Waals surface area contributed by atoms with E-state index in [2.05, 4.69) is 15.7 Å². The Labute approximate surface area is 107 Å². The number of aromatic nitrogens is 2. The van der Waals surface area contributed by atoms with E-state index in [1.165, 1.54) is 12.8 Å².